The normalized spacial score (nSPS) is 10.5. The Bertz CT molecular complexity index is 613. The summed E-state index contributed by atoms with van der Waals surface area (Å²) in [6.07, 6.45) is 1.08. The zero-order valence-electron chi connectivity index (χ0n) is 9.09. The van der Waals surface area contributed by atoms with Crippen molar-refractivity contribution in [3.05, 3.63) is 41.0 Å². The molecule has 2 N–H and O–H groups in total. The van der Waals surface area contributed by atoms with Gasteiger partial charge in [-0.25, -0.2) is 9.38 Å². The number of nitrogens with zero attached hydrogens (tertiary/aromatic N) is 2. The SMILES string of the molecule is N#Cc1sc(-c2ccc(F)cc2)cc1N=CNO. The van der Waals surface area contributed by atoms with Crippen molar-refractivity contribution in [2.24, 2.45) is 4.99 Å². The summed E-state index contributed by atoms with van der Waals surface area (Å²) in [5.74, 6) is -0.307. The number of thiophene rings is 1. The molecule has 2 aromatic rings. The molecule has 0 spiro atoms. The van der Waals surface area contributed by atoms with Gasteiger partial charge in [0.15, 0.2) is 0 Å². The minimum atomic E-state index is -0.307. The van der Waals surface area contributed by atoms with Gasteiger partial charge in [-0.15, -0.1) is 11.3 Å². The molecule has 1 aromatic carbocycles. The van der Waals surface area contributed by atoms with E-state index in [1.54, 1.807) is 23.7 Å². The molecule has 0 amide bonds. The molecule has 2 rings (SSSR count). The molecule has 1 aromatic heterocycles. The number of halogens is 1. The van der Waals surface area contributed by atoms with Crippen molar-refractivity contribution in [3.63, 3.8) is 0 Å². The molecule has 0 radical (unpaired) electrons. The maximum absolute atomic E-state index is 12.8. The Labute approximate surface area is 107 Å². The largest absolute Gasteiger partial charge is 0.290 e. The number of nitrogens with one attached hydrogen (secondary N) is 1. The predicted molar refractivity (Wildman–Crippen MR) is 67.5 cm³/mol. The molecule has 90 valence electrons. The van der Waals surface area contributed by atoms with E-state index in [0.717, 1.165) is 16.8 Å². The maximum atomic E-state index is 12.8. The summed E-state index contributed by atoms with van der Waals surface area (Å²) in [6, 6.07) is 9.74. The van der Waals surface area contributed by atoms with Gasteiger partial charge in [0.1, 0.15) is 23.1 Å². The molecule has 0 aliphatic carbocycles. The van der Waals surface area contributed by atoms with Crippen LogP contribution in [0.4, 0.5) is 10.1 Å². The highest BCUT2D eigenvalue weighted by Crippen LogP contribution is 2.35. The van der Waals surface area contributed by atoms with Crippen LogP contribution in [0.15, 0.2) is 35.3 Å². The van der Waals surface area contributed by atoms with Crippen molar-refractivity contribution in [1.82, 2.24) is 5.48 Å². The van der Waals surface area contributed by atoms with Gasteiger partial charge in [0, 0.05) is 4.88 Å². The number of aliphatic imine (C=N–C) groups is 1. The molecule has 0 fully saturated rings. The maximum Gasteiger partial charge on any atom is 0.131 e. The topological polar surface area (TPSA) is 68.4 Å². The summed E-state index contributed by atoms with van der Waals surface area (Å²) in [6.45, 7) is 0. The quantitative estimate of drug-likeness (QED) is 0.507. The number of benzene rings is 1. The summed E-state index contributed by atoms with van der Waals surface area (Å²) in [5, 5.41) is 17.4. The third kappa shape index (κ3) is 2.53. The summed E-state index contributed by atoms with van der Waals surface area (Å²) >= 11 is 1.26. The van der Waals surface area contributed by atoms with Crippen LogP contribution in [0.3, 0.4) is 0 Å². The number of hydrogen-bond donors (Lipinski definition) is 2. The molecular formula is C12H8FN3OS. The van der Waals surface area contributed by atoms with Gasteiger partial charge in [0.25, 0.3) is 0 Å². The van der Waals surface area contributed by atoms with Crippen LogP contribution < -0.4 is 5.48 Å². The first-order valence-electron chi connectivity index (χ1n) is 4.96. The highest BCUT2D eigenvalue weighted by molar-refractivity contribution is 7.16. The van der Waals surface area contributed by atoms with E-state index in [0.29, 0.717) is 10.6 Å². The predicted octanol–water partition coefficient (Wildman–Crippen LogP) is 3.06. The Morgan fingerprint density at radius 2 is 2.11 bits per heavy atom. The number of rotatable bonds is 3. The number of nitriles is 1. The summed E-state index contributed by atoms with van der Waals surface area (Å²) in [7, 11) is 0. The molecule has 0 atom stereocenters. The first-order chi connectivity index (χ1) is 8.74. The second-order valence-electron chi connectivity index (χ2n) is 3.33. The van der Waals surface area contributed by atoms with Crippen molar-refractivity contribution in [2.45, 2.75) is 0 Å². The highest BCUT2D eigenvalue weighted by atomic mass is 32.1. The van der Waals surface area contributed by atoms with Crippen LogP contribution in [-0.4, -0.2) is 11.5 Å². The standard InChI is InChI=1S/C12H8FN3OS/c13-9-3-1-8(2-4-9)11-5-10(15-7-16-17)12(6-14)18-11/h1-5,7,17H,(H,15,16). The van der Waals surface area contributed by atoms with Gasteiger partial charge in [-0.3, -0.25) is 10.7 Å². The molecular weight excluding hydrogens is 253 g/mol. The monoisotopic (exact) mass is 261 g/mol. The fourth-order valence-corrected chi connectivity index (χ4v) is 2.32. The van der Waals surface area contributed by atoms with E-state index in [-0.39, 0.29) is 5.82 Å². The lowest BCUT2D eigenvalue weighted by Gasteiger charge is -1.95. The minimum absolute atomic E-state index is 0.307. The number of hydrogen-bond acceptors (Lipinski definition) is 4. The van der Waals surface area contributed by atoms with Crippen molar-refractivity contribution in [3.8, 4) is 16.5 Å². The summed E-state index contributed by atoms with van der Waals surface area (Å²) in [5.41, 5.74) is 3.06. The second kappa shape index (κ2) is 5.40. The Morgan fingerprint density at radius 1 is 1.39 bits per heavy atom. The van der Waals surface area contributed by atoms with Gasteiger partial charge >= 0.3 is 0 Å². The summed E-state index contributed by atoms with van der Waals surface area (Å²) < 4.78 is 12.8. The smallest absolute Gasteiger partial charge is 0.131 e. The minimum Gasteiger partial charge on any atom is -0.290 e. The average Bonchev–Trinajstić information content (AvgIpc) is 2.80. The van der Waals surface area contributed by atoms with E-state index in [9.17, 15) is 4.39 Å². The van der Waals surface area contributed by atoms with Gasteiger partial charge in [-0.05, 0) is 23.8 Å². The molecule has 0 saturated heterocycles. The Balaban J connectivity index is 2.41. The molecule has 0 unspecified atom stereocenters. The second-order valence-corrected chi connectivity index (χ2v) is 4.38. The van der Waals surface area contributed by atoms with E-state index in [4.69, 9.17) is 10.5 Å². The fourth-order valence-electron chi connectivity index (χ4n) is 1.41. The molecule has 4 nitrogen and oxygen atoms in total. The third-order valence-electron chi connectivity index (χ3n) is 2.20. The van der Waals surface area contributed by atoms with Crippen LogP contribution >= 0.6 is 11.3 Å². The van der Waals surface area contributed by atoms with Crippen LogP contribution in [0.25, 0.3) is 10.4 Å². The van der Waals surface area contributed by atoms with Crippen LogP contribution in [0, 0.1) is 17.1 Å². The molecule has 1 heterocycles. The van der Waals surface area contributed by atoms with Crippen molar-refractivity contribution >= 4 is 23.4 Å². The molecule has 6 heteroatoms. The van der Waals surface area contributed by atoms with E-state index >= 15 is 0 Å². The van der Waals surface area contributed by atoms with Crippen LogP contribution in [0.1, 0.15) is 4.88 Å². The van der Waals surface area contributed by atoms with Crippen LogP contribution in [0.5, 0.6) is 0 Å². The van der Waals surface area contributed by atoms with E-state index in [1.807, 2.05) is 6.07 Å². The van der Waals surface area contributed by atoms with Gasteiger partial charge in [-0.1, -0.05) is 12.1 Å². The zero-order valence-corrected chi connectivity index (χ0v) is 9.91. The lowest BCUT2D eigenvalue weighted by Crippen LogP contribution is -2.00. The van der Waals surface area contributed by atoms with Crippen LogP contribution in [-0.2, 0) is 0 Å². The molecule has 0 aliphatic heterocycles. The van der Waals surface area contributed by atoms with Crippen LogP contribution in [0.2, 0.25) is 0 Å². The van der Waals surface area contributed by atoms with Crippen molar-refractivity contribution < 1.29 is 9.60 Å². The first-order valence-corrected chi connectivity index (χ1v) is 5.78. The summed E-state index contributed by atoms with van der Waals surface area (Å²) in [4.78, 5) is 5.13. The molecule has 0 bridgehead atoms. The average molecular weight is 261 g/mol. The Kier molecular flexibility index (Phi) is 3.67. The van der Waals surface area contributed by atoms with Crippen molar-refractivity contribution in [2.75, 3.05) is 0 Å². The van der Waals surface area contributed by atoms with Gasteiger partial charge in [0.2, 0.25) is 0 Å². The van der Waals surface area contributed by atoms with Gasteiger partial charge < -0.3 is 0 Å². The highest BCUT2D eigenvalue weighted by Gasteiger charge is 2.09. The fraction of sp³-hybridized carbons (Fsp3) is 0. The molecule has 18 heavy (non-hydrogen) atoms. The third-order valence-corrected chi connectivity index (χ3v) is 3.28. The zero-order chi connectivity index (χ0) is 13.0. The Hall–Kier alpha value is -2.23. The van der Waals surface area contributed by atoms with Gasteiger partial charge in [-0.2, -0.15) is 5.26 Å². The van der Waals surface area contributed by atoms with Gasteiger partial charge in [0.05, 0.1) is 5.69 Å². The van der Waals surface area contributed by atoms with E-state index in [2.05, 4.69) is 4.99 Å². The number of hydroxylamine groups is 1. The molecule has 0 aliphatic rings. The van der Waals surface area contributed by atoms with Crippen molar-refractivity contribution in [1.29, 1.82) is 5.26 Å². The lowest BCUT2D eigenvalue weighted by atomic mass is 10.2. The van der Waals surface area contributed by atoms with E-state index < -0.39 is 0 Å². The lowest BCUT2D eigenvalue weighted by molar-refractivity contribution is 0.240. The van der Waals surface area contributed by atoms with E-state index in [1.165, 1.54) is 23.5 Å². The molecule has 0 saturated carbocycles. The Morgan fingerprint density at radius 3 is 2.72 bits per heavy atom. The first kappa shape index (κ1) is 12.2.